The summed E-state index contributed by atoms with van der Waals surface area (Å²) in [4.78, 5) is 16.3. The molecular weight excluding hydrogens is 240 g/mol. The number of likely N-dealkylation sites (N-methyl/N-ethyl adjacent to an activating group) is 2. The van der Waals surface area contributed by atoms with Gasteiger partial charge >= 0.3 is 0 Å². The van der Waals surface area contributed by atoms with E-state index >= 15 is 0 Å². The van der Waals surface area contributed by atoms with Crippen molar-refractivity contribution in [1.82, 2.24) is 9.80 Å². The van der Waals surface area contributed by atoms with E-state index in [2.05, 4.69) is 18.7 Å². The number of hydrogen-bond donors (Lipinski definition) is 1. The van der Waals surface area contributed by atoms with Crippen LogP contribution in [0.2, 0.25) is 0 Å². The van der Waals surface area contributed by atoms with E-state index < -0.39 is 0 Å². The number of carbonyl (C=O) groups is 1. The second-order valence-electron chi connectivity index (χ2n) is 4.57. The van der Waals surface area contributed by atoms with Crippen molar-refractivity contribution in [3.05, 3.63) is 35.4 Å². The molecule has 1 amide bonds. The van der Waals surface area contributed by atoms with E-state index in [1.54, 1.807) is 24.1 Å². The van der Waals surface area contributed by atoms with E-state index in [0.717, 1.165) is 19.6 Å². The van der Waals surface area contributed by atoms with Crippen LogP contribution in [-0.2, 0) is 6.61 Å². The zero-order valence-electron chi connectivity index (χ0n) is 12.1. The Morgan fingerprint density at radius 3 is 2.37 bits per heavy atom. The van der Waals surface area contributed by atoms with Gasteiger partial charge in [-0.05, 0) is 24.7 Å². The second-order valence-corrected chi connectivity index (χ2v) is 4.57. The third-order valence-electron chi connectivity index (χ3n) is 3.41. The smallest absolute Gasteiger partial charge is 0.254 e. The van der Waals surface area contributed by atoms with E-state index in [0.29, 0.717) is 17.7 Å². The topological polar surface area (TPSA) is 43.8 Å². The Kier molecular flexibility index (Phi) is 6.53. The van der Waals surface area contributed by atoms with Crippen molar-refractivity contribution in [3.8, 4) is 0 Å². The number of benzene rings is 1. The molecule has 0 saturated heterocycles. The van der Waals surface area contributed by atoms with E-state index in [1.807, 2.05) is 12.1 Å². The van der Waals surface area contributed by atoms with Crippen molar-refractivity contribution >= 4 is 5.91 Å². The minimum atomic E-state index is -0.105. The van der Waals surface area contributed by atoms with Gasteiger partial charge in [-0.25, -0.2) is 0 Å². The summed E-state index contributed by atoms with van der Waals surface area (Å²) in [7, 11) is 1.81. The van der Waals surface area contributed by atoms with Crippen LogP contribution in [0.1, 0.15) is 29.8 Å². The molecule has 19 heavy (non-hydrogen) atoms. The van der Waals surface area contributed by atoms with Gasteiger partial charge in [-0.3, -0.25) is 4.79 Å². The number of aliphatic hydroxyl groups excluding tert-OH is 1. The molecule has 4 nitrogen and oxygen atoms in total. The molecule has 1 aromatic rings. The first-order chi connectivity index (χ1) is 9.13. The highest BCUT2D eigenvalue weighted by molar-refractivity contribution is 5.95. The first-order valence-corrected chi connectivity index (χ1v) is 6.80. The van der Waals surface area contributed by atoms with Gasteiger partial charge in [-0.15, -0.1) is 0 Å². The molecule has 4 heteroatoms. The summed E-state index contributed by atoms with van der Waals surface area (Å²) in [6.45, 7) is 7.68. The average molecular weight is 264 g/mol. The summed E-state index contributed by atoms with van der Waals surface area (Å²) in [6.07, 6.45) is 0. The standard InChI is InChI=1S/C15H24N2O2/c1-4-17(5-2)11-10-16(3)15(19)14-9-7-6-8-13(14)12-18/h6-9,18H,4-5,10-12H2,1-3H3. The predicted octanol–water partition coefficient (Wildman–Crippen LogP) is 1.59. The lowest BCUT2D eigenvalue weighted by Gasteiger charge is -2.23. The Morgan fingerprint density at radius 2 is 1.79 bits per heavy atom. The monoisotopic (exact) mass is 264 g/mol. The molecule has 106 valence electrons. The molecule has 0 fully saturated rings. The summed E-state index contributed by atoms with van der Waals surface area (Å²) in [5, 5.41) is 9.26. The largest absolute Gasteiger partial charge is 0.392 e. The lowest BCUT2D eigenvalue weighted by Crippen LogP contribution is -2.36. The second kappa shape index (κ2) is 7.92. The van der Waals surface area contributed by atoms with Gasteiger partial charge in [0.1, 0.15) is 0 Å². The summed E-state index contributed by atoms with van der Waals surface area (Å²) in [5.41, 5.74) is 1.27. The Labute approximate surface area is 115 Å². The van der Waals surface area contributed by atoms with Crippen molar-refractivity contribution in [2.45, 2.75) is 20.5 Å². The van der Waals surface area contributed by atoms with Gasteiger partial charge in [0, 0.05) is 25.7 Å². The minimum absolute atomic E-state index is 0.0307. The number of rotatable bonds is 7. The Balaban J connectivity index is 2.66. The maximum atomic E-state index is 12.3. The third kappa shape index (κ3) is 4.33. The molecule has 0 unspecified atom stereocenters. The molecule has 0 radical (unpaired) electrons. The molecule has 0 aromatic heterocycles. The van der Waals surface area contributed by atoms with E-state index in [1.165, 1.54) is 0 Å². The predicted molar refractivity (Wildman–Crippen MR) is 77.1 cm³/mol. The molecule has 0 bridgehead atoms. The summed E-state index contributed by atoms with van der Waals surface area (Å²) >= 11 is 0. The van der Waals surface area contributed by atoms with Gasteiger partial charge in [-0.2, -0.15) is 0 Å². The molecule has 0 aliphatic carbocycles. The third-order valence-corrected chi connectivity index (χ3v) is 3.41. The summed E-state index contributed by atoms with van der Waals surface area (Å²) in [5.74, 6) is -0.0307. The molecule has 0 aliphatic rings. The highest BCUT2D eigenvalue weighted by Gasteiger charge is 2.15. The van der Waals surface area contributed by atoms with Gasteiger partial charge in [0.15, 0.2) is 0 Å². The molecule has 0 spiro atoms. The molecule has 0 atom stereocenters. The van der Waals surface area contributed by atoms with E-state index in [9.17, 15) is 9.90 Å². The maximum Gasteiger partial charge on any atom is 0.254 e. The zero-order valence-corrected chi connectivity index (χ0v) is 12.1. The van der Waals surface area contributed by atoms with Crippen LogP contribution in [0.3, 0.4) is 0 Å². The fourth-order valence-corrected chi connectivity index (χ4v) is 2.01. The molecule has 1 aromatic carbocycles. The highest BCUT2D eigenvalue weighted by Crippen LogP contribution is 2.11. The number of nitrogens with zero attached hydrogens (tertiary/aromatic N) is 2. The number of hydrogen-bond acceptors (Lipinski definition) is 3. The maximum absolute atomic E-state index is 12.3. The zero-order chi connectivity index (χ0) is 14.3. The molecule has 0 heterocycles. The SMILES string of the molecule is CCN(CC)CCN(C)C(=O)c1ccccc1CO. The van der Waals surface area contributed by atoms with Crippen molar-refractivity contribution in [2.75, 3.05) is 33.2 Å². The van der Waals surface area contributed by atoms with E-state index in [-0.39, 0.29) is 12.5 Å². The lowest BCUT2D eigenvalue weighted by atomic mass is 10.1. The Bertz CT molecular complexity index is 403. The van der Waals surface area contributed by atoms with Crippen molar-refractivity contribution < 1.29 is 9.90 Å². The highest BCUT2D eigenvalue weighted by atomic mass is 16.3. The van der Waals surface area contributed by atoms with Crippen LogP contribution < -0.4 is 0 Å². The number of aliphatic hydroxyl groups is 1. The minimum Gasteiger partial charge on any atom is -0.392 e. The quantitative estimate of drug-likeness (QED) is 0.813. The van der Waals surface area contributed by atoms with Crippen LogP contribution in [0.4, 0.5) is 0 Å². The molecule has 0 aliphatic heterocycles. The van der Waals surface area contributed by atoms with Crippen LogP contribution in [0.15, 0.2) is 24.3 Å². The van der Waals surface area contributed by atoms with Gasteiger partial charge in [0.05, 0.1) is 6.61 Å². The van der Waals surface area contributed by atoms with Crippen molar-refractivity contribution in [2.24, 2.45) is 0 Å². The van der Waals surface area contributed by atoms with E-state index in [4.69, 9.17) is 0 Å². The van der Waals surface area contributed by atoms with Crippen LogP contribution >= 0.6 is 0 Å². The Morgan fingerprint density at radius 1 is 1.16 bits per heavy atom. The fourth-order valence-electron chi connectivity index (χ4n) is 2.01. The lowest BCUT2D eigenvalue weighted by molar-refractivity contribution is 0.0776. The van der Waals surface area contributed by atoms with Crippen LogP contribution in [0.25, 0.3) is 0 Å². The average Bonchev–Trinajstić information content (AvgIpc) is 2.47. The van der Waals surface area contributed by atoms with Crippen molar-refractivity contribution in [1.29, 1.82) is 0 Å². The van der Waals surface area contributed by atoms with Gasteiger partial charge < -0.3 is 14.9 Å². The molecule has 1 N–H and O–H groups in total. The van der Waals surface area contributed by atoms with Crippen LogP contribution in [0, 0.1) is 0 Å². The van der Waals surface area contributed by atoms with Crippen molar-refractivity contribution in [3.63, 3.8) is 0 Å². The molecule has 1 rings (SSSR count). The number of amides is 1. The van der Waals surface area contributed by atoms with Gasteiger partial charge in [0.25, 0.3) is 5.91 Å². The first-order valence-electron chi connectivity index (χ1n) is 6.80. The van der Waals surface area contributed by atoms with Crippen LogP contribution in [0.5, 0.6) is 0 Å². The fraction of sp³-hybridized carbons (Fsp3) is 0.533. The summed E-state index contributed by atoms with van der Waals surface area (Å²) in [6, 6.07) is 7.20. The Hall–Kier alpha value is -1.39. The summed E-state index contributed by atoms with van der Waals surface area (Å²) < 4.78 is 0. The van der Waals surface area contributed by atoms with Gasteiger partial charge in [0.2, 0.25) is 0 Å². The van der Waals surface area contributed by atoms with Crippen LogP contribution in [-0.4, -0.2) is 54.0 Å². The normalized spacial score (nSPS) is 10.8. The number of carbonyl (C=O) groups excluding carboxylic acids is 1. The van der Waals surface area contributed by atoms with Gasteiger partial charge in [-0.1, -0.05) is 32.0 Å². The molecule has 0 saturated carbocycles. The first kappa shape index (κ1) is 15.7. The molecular formula is C15H24N2O2.